The van der Waals surface area contributed by atoms with Crippen molar-refractivity contribution < 1.29 is 19.4 Å². The summed E-state index contributed by atoms with van der Waals surface area (Å²) >= 11 is 0. The minimum Gasteiger partial charge on any atom is -0.493 e. The zero-order valence-corrected chi connectivity index (χ0v) is 13.7. The lowest BCUT2D eigenvalue weighted by atomic mass is 10.1. The van der Waals surface area contributed by atoms with Crippen LogP contribution in [0.15, 0.2) is 24.3 Å². The van der Waals surface area contributed by atoms with Gasteiger partial charge in [-0.25, -0.2) is 0 Å². The second kappa shape index (κ2) is 10.0. The molecule has 0 amide bonds. The van der Waals surface area contributed by atoms with E-state index in [9.17, 15) is 9.90 Å². The van der Waals surface area contributed by atoms with Gasteiger partial charge in [0.25, 0.3) is 0 Å². The third kappa shape index (κ3) is 6.31. The second-order valence-corrected chi connectivity index (χ2v) is 5.24. The zero-order chi connectivity index (χ0) is 16.4. The molecule has 0 spiro atoms. The standard InChI is InChI=1S/C18H26O4/c1-4-5-6-7-15(19)13-16(20)10-8-14-9-11-17(21-2)18(12-14)22-3/h8-12,16,20H,4-7,13H2,1-3H3/b10-8+. The fourth-order valence-corrected chi connectivity index (χ4v) is 2.15. The van der Waals surface area contributed by atoms with Gasteiger partial charge in [0.15, 0.2) is 11.5 Å². The number of aliphatic hydroxyl groups excluding tert-OH is 1. The van der Waals surface area contributed by atoms with E-state index in [1.165, 1.54) is 0 Å². The second-order valence-electron chi connectivity index (χ2n) is 5.24. The minimum atomic E-state index is -0.748. The molecule has 0 aliphatic carbocycles. The van der Waals surface area contributed by atoms with Crippen LogP contribution in [0.25, 0.3) is 6.08 Å². The van der Waals surface area contributed by atoms with E-state index in [4.69, 9.17) is 9.47 Å². The van der Waals surface area contributed by atoms with Gasteiger partial charge >= 0.3 is 0 Å². The Hall–Kier alpha value is -1.81. The Balaban J connectivity index is 2.54. The van der Waals surface area contributed by atoms with Crippen molar-refractivity contribution in [2.24, 2.45) is 0 Å². The van der Waals surface area contributed by atoms with Crippen LogP contribution in [0.2, 0.25) is 0 Å². The summed E-state index contributed by atoms with van der Waals surface area (Å²) in [4.78, 5) is 11.7. The molecule has 0 radical (unpaired) electrons. The highest BCUT2D eigenvalue weighted by Gasteiger charge is 2.08. The Labute approximate surface area is 132 Å². The maximum absolute atomic E-state index is 11.7. The Morgan fingerprint density at radius 1 is 1.23 bits per heavy atom. The monoisotopic (exact) mass is 306 g/mol. The fraction of sp³-hybridized carbons (Fsp3) is 0.500. The van der Waals surface area contributed by atoms with Crippen LogP contribution in [0, 0.1) is 0 Å². The van der Waals surface area contributed by atoms with Gasteiger partial charge in [0.1, 0.15) is 5.78 Å². The molecular formula is C18H26O4. The highest BCUT2D eigenvalue weighted by atomic mass is 16.5. The summed E-state index contributed by atoms with van der Waals surface area (Å²) < 4.78 is 10.4. The Bertz CT molecular complexity index is 494. The maximum atomic E-state index is 11.7. The van der Waals surface area contributed by atoms with E-state index in [1.807, 2.05) is 12.1 Å². The van der Waals surface area contributed by atoms with E-state index >= 15 is 0 Å². The lowest BCUT2D eigenvalue weighted by Crippen LogP contribution is -2.10. The number of benzene rings is 1. The molecule has 0 fully saturated rings. The minimum absolute atomic E-state index is 0.109. The van der Waals surface area contributed by atoms with E-state index in [2.05, 4.69) is 6.92 Å². The van der Waals surface area contributed by atoms with Crippen LogP contribution in [-0.2, 0) is 4.79 Å². The van der Waals surface area contributed by atoms with Gasteiger partial charge in [-0.2, -0.15) is 0 Å². The molecule has 0 aliphatic heterocycles. The summed E-state index contributed by atoms with van der Waals surface area (Å²) in [6.07, 6.45) is 6.45. The fourth-order valence-electron chi connectivity index (χ4n) is 2.15. The highest BCUT2D eigenvalue weighted by molar-refractivity contribution is 5.79. The number of ketones is 1. The van der Waals surface area contributed by atoms with Crippen molar-refractivity contribution in [2.45, 2.75) is 45.1 Å². The number of unbranched alkanes of at least 4 members (excludes halogenated alkanes) is 2. The largest absolute Gasteiger partial charge is 0.493 e. The predicted octanol–water partition coefficient (Wildman–Crippen LogP) is 3.62. The van der Waals surface area contributed by atoms with Crippen LogP contribution in [0.4, 0.5) is 0 Å². The van der Waals surface area contributed by atoms with Crippen LogP contribution >= 0.6 is 0 Å². The van der Waals surface area contributed by atoms with Gasteiger partial charge in [0.05, 0.1) is 20.3 Å². The number of rotatable bonds is 10. The smallest absolute Gasteiger partial charge is 0.161 e. The molecule has 1 rings (SSSR count). The summed E-state index contributed by atoms with van der Waals surface area (Å²) in [6.45, 7) is 2.10. The number of aliphatic hydroxyl groups is 1. The van der Waals surface area contributed by atoms with E-state index in [1.54, 1.807) is 32.4 Å². The average Bonchev–Trinajstić information content (AvgIpc) is 2.52. The first-order chi connectivity index (χ1) is 10.6. The molecular weight excluding hydrogens is 280 g/mol. The number of hydrogen-bond acceptors (Lipinski definition) is 4. The molecule has 1 aromatic carbocycles. The van der Waals surface area contributed by atoms with Crippen molar-refractivity contribution in [3.63, 3.8) is 0 Å². The van der Waals surface area contributed by atoms with E-state index in [0.29, 0.717) is 17.9 Å². The Morgan fingerprint density at radius 2 is 1.95 bits per heavy atom. The topological polar surface area (TPSA) is 55.8 Å². The summed E-state index contributed by atoms with van der Waals surface area (Å²) in [5, 5.41) is 9.90. The lowest BCUT2D eigenvalue weighted by Gasteiger charge is -2.08. The molecule has 0 saturated carbocycles. The molecule has 1 unspecified atom stereocenters. The van der Waals surface area contributed by atoms with Crippen molar-refractivity contribution in [2.75, 3.05) is 14.2 Å². The molecule has 1 aromatic rings. The van der Waals surface area contributed by atoms with E-state index in [0.717, 1.165) is 24.8 Å². The van der Waals surface area contributed by atoms with Crippen LogP contribution in [0.5, 0.6) is 11.5 Å². The number of carbonyl (C=O) groups is 1. The molecule has 1 atom stereocenters. The van der Waals surface area contributed by atoms with Gasteiger partial charge < -0.3 is 14.6 Å². The molecule has 0 aliphatic rings. The first kappa shape index (κ1) is 18.2. The van der Waals surface area contributed by atoms with Crippen LogP contribution in [-0.4, -0.2) is 31.2 Å². The SMILES string of the molecule is CCCCCC(=O)CC(O)/C=C/c1ccc(OC)c(OC)c1. The molecule has 4 nitrogen and oxygen atoms in total. The molecule has 22 heavy (non-hydrogen) atoms. The number of methoxy groups -OCH3 is 2. The Kier molecular flexibility index (Phi) is 8.30. The number of ether oxygens (including phenoxy) is 2. The van der Waals surface area contributed by atoms with Crippen molar-refractivity contribution in [3.8, 4) is 11.5 Å². The van der Waals surface area contributed by atoms with Crippen LogP contribution in [0.3, 0.4) is 0 Å². The first-order valence-electron chi connectivity index (χ1n) is 7.70. The molecule has 0 heterocycles. The molecule has 0 bridgehead atoms. The zero-order valence-electron chi connectivity index (χ0n) is 13.7. The Morgan fingerprint density at radius 3 is 2.59 bits per heavy atom. The van der Waals surface area contributed by atoms with Crippen LogP contribution in [0.1, 0.15) is 44.6 Å². The van der Waals surface area contributed by atoms with E-state index < -0.39 is 6.10 Å². The molecule has 1 N–H and O–H groups in total. The first-order valence-corrected chi connectivity index (χ1v) is 7.70. The van der Waals surface area contributed by atoms with Crippen molar-refractivity contribution in [1.29, 1.82) is 0 Å². The normalized spacial score (nSPS) is 12.4. The molecule has 0 saturated heterocycles. The molecule has 0 aromatic heterocycles. The van der Waals surface area contributed by atoms with Crippen LogP contribution < -0.4 is 9.47 Å². The number of carbonyl (C=O) groups excluding carboxylic acids is 1. The van der Waals surface area contributed by atoms with Gasteiger partial charge in [-0.1, -0.05) is 38.0 Å². The third-order valence-corrected chi connectivity index (χ3v) is 3.41. The number of hydrogen-bond donors (Lipinski definition) is 1. The van der Waals surface area contributed by atoms with Crippen molar-refractivity contribution in [1.82, 2.24) is 0 Å². The summed E-state index contributed by atoms with van der Waals surface area (Å²) in [6, 6.07) is 5.50. The highest BCUT2D eigenvalue weighted by Crippen LogP contribution is 2.28. The van der Waals surface area contributed by atoms with Gasteiger partial charge in [0, 0.05) is 12.8 Å². The van der Waals surface area contributed by atoms with Gasteiger partial charge in [-0.05, 0) is 24.1 Å². The molecule has 122 valence electrons. The van der Waals surface area contributed by atoms with Gasteiger partial charge in [0.2, 0.25) is 0 Å². The predicted molar refractivity (Wildman–Crippen MR) is 88.4 cm³/mol. The lowest BCUT2D eigenvalue weighted by molar-refractivity contribution is -0.120. The van der Waals surface area contributed by atoms with Crippen molar-refractivity contribution >= 4 is 11.9 Å². The van der Waals surface area contributed by atoms with Gasteiger partial charge in [-0.3, -0.25) is 4.79 Å². The van der Waals surface area contributed by atoms with Gasteiger partial charge in [-0.15, -0.1) is 0 Å². The van der Waals surface area contributed by atoms with Crippen molar-refractivity contribution in [3.05, 3.63) is 29.8 Å². The average molecular weight is 306 g/mol. The summed E-state index contributed by atoms with van der Waals surface area (Å²) in [7, 11) is 3.16. The summed E-state index contributed by atoms with van der Waals surface area (Å²) in [5.74, 6) is 1.40. The summed E-state index contributed by atoms with van der Waals surface area (Å²) in [5.41, 5.74) is 0.884. The maximum Gasteiger partial charge on any atom is 0.161 e. The number of Topliss-reactive ketones (excluding diaryl/α,β-unsaturated/α-hetero) is 1. The quantitative estimate of drug-likeness (QED) is 0.671. The molecule has 4 heteroatoms. The van der Waals surface area contributed by atoms with E-state index in [-0.39, 0.29) is 12.2 Å². The third-order valence-electron chi connectivity index (χ3n) is 3.41.